The molecular weight excluding hydrogens is 357 g/mol. The molecule has 6 heteroatoms. The zero-order chi connectivity index (χ0) is 15.8. The van der Waals surface area contributed by atoms with E-state index < -0.39 is 0 Å². The summed E-state index contributed by atoms with van der Waals surface area (Å²) in [7, 11) is 0. The Labute approximate surface area is 137 Å². The van der Waals surface area contributed by atoms with Gasteiger partial charge in [-0.2, -0.15) is 0 Å². The van der Waals surface area contributed by atoms with E-state index in [2.05, 4.69) is 31.2 Å². The average molecular weight is 373 g/mol. The molecule has 1 aromatic heterocycles. The van der Waals surface area contributed by atoms with E-state index in [1.165, 1.54) is 6.07 Å². The molecule has 2 rings (SSSR count). The molecule has 21 heavy (non-hydrogen) atoms. The Bertz CT molecular complexity index is 683. The highest BCUT2D eigenvalue weighted by Gasteiger charge is 2.20. The van der Waals surface area contributed by atoms with Gasteiger partial charge in [0.05, 0.1) is 4.47 Å². The molecule has 0 aliphatic heterocycles. The number of nitrogens with one attached hydrogen (secondary N) is 1. The van der Waals surface area contributed by atoms with Gasteiger partial charge in [0, 0.05) is 16.7 Å². The quantitative estimate of drug-likeness (QED) is 0.719. The van der Waals surface area contributed by atoms with Crippen LogP contribution in [0.3, 0.4) is 0 Å². The molecule has 0 aliphatic carbocycles. The number of rotatable bonds is 2. The lowest BCUT2D eigenvalue weighted by molar-refractivity contribution is 0.545. The van der Waals surface area contributed by atoms with Crippen LogP contribution >= 0.6 is 27.5 Å². The summed E-state index contributed by atoms with van der Waals surface area (Å²) < 4.78 is 14.0. The van der Waals surface area contributed by atoms with Gasteiger partial charge in [0.1, 0.15) is 22.6 Å². The van der Waals surface area contributed by atoms with Crippen LogP contribution in [0.15, 0.2) is 22.7 Å². The fraction of sp³-hybridized carbons (Fsp3) is 0.333. The third-order valence-corrected chi connectivity index (χ3v) is 3.95. The predicted molar refractivity (Wildman–Crippen MR) is 87.9 cm³/mol. The van der Waals surface area contributed by atoms with E-state index in [9.17, 15) is 4.39 Å². The van der Waals surface area contributed by atoms with Crippen LogP contribution in [0.5, 0.6) is 0 Å². The first-order chi connectivity index (χ1) is 9.68. The number of hydrogen-bond acceptors (Lipinski definition) is 3. The highest BCUT2D eigenvalue weighted by atomic mass is 79.9. The first-order valence-corrected chi connectivity index (χ1v) is 7.62. The van der Waals surface area contributed by atoms with Gasteiger partial charge in [0.15, 0.2) is 0 Å². The molecule has 0 bridgehead atoms. The lowest BCUT2D eigenvalue weighted by atomic mass is 9.95. The molecule has 0 fully saturated rings. The molecule has 0 saturated heterocycles. The summed E-state index contributed by atoms with van der Waals surface area (Å²) >= 11 is 9.30. The second-order valence-electron chi connectivity index (χ2n) is 5.82. The van der Waals surface area contributed by atoms with E-state index in [0.717, 1.165) is 5.56 Å². The zero-order valence-corrected chi connectivity index (χ0v) is 14.6. The van der Waals surface area contributed by atoms with Crippen molar-refractivity contribution < 1.29 is 4.39 Å². The molecule has 0 amide bonds. The van der Waals surface area contributed by atoms with E-state index in [1.54, 1.807) is 12.1 Å². The highest BCUT2D eigenvalue weighted by Crippen LogP contribution is 2.29. The van der Waals surface area contributed by atoms with Crippen molar-refractivity contribution in [3.8, 4) is 0 Å². The maximum Gasteiger partial charge on any atom is 0.139 e. The SMILES string of the molecule is Cc1c(Cl)nc(C(C)(C)C)nc1Nc1ccc(Br)c(F)c1. The fourth-order valence-corrected chi connectivity index (χ4v) is 2.07. The molecule has 112 valence electrons. The molecule has 1 aromatic carbocycles. The Morgan fingerprint density at radius 2 is 1.90 bits per heavy atom. The Morgan fingerprint density at radius 3 is 2.48 bits per heavy atom. The molecule has 0 spiro atoms. The van der Waals surface area contributed by atoms with Crippen LogP contribution < -0.4 is 5.32 Å². The smallest absolute Gasteiger partial charge is 0.139 e. The predicted octanol–water partition coefficient (Wildman–Crippen LogP) is 5.38. The van der Waals surface area contributed by atoms with Gasteiger partial charge in [-0.05, 0) is 41.1 Å². The van der Waals surface area contributed by atoms with Crippen LogP contribution in [-0.4, -0.2) is 9.97 Å². The Morgan fingerprint density at radius 1 is 1.24 bits per heavy atom. The zero-order valence-electron chi connectivity index (χ0n) is 12.3. The van der Waals surface area contributed by atoms with Crippen LogP contribution in [0.25, 0.3) is 0 Å². The molecule has 0 unspecified atom stereocenters. The summed E-state index contributed by atoms with van der Waals surface area (Å²) in [5, 5.41) is 3.50. The summed E-state index contributed by atoms with van der Waals surface area (Å²) in [5.74, 6) is 0.883. The van der Waals surface area contributed by atoms with Crippen molar-refractivity contribution in [3.63, 3.8) is 0 Å². The number of hydrogen-bond donors (Lipinski definition) is 1. The fourth-order valence-electron chi connectivity index (χ4n) is 1.66. The first-order valence-electron chi connectivity index (χ1n) is 6.45. The van der Waals surface area contributed by atoms with E-state index in [1.807, 2.05) is 27.7 Å². The van der Waals surface area contributed by atoms with Gasteiger partial charge in [-0.15, -0.1) is 0 Å². The van der Waals surface area contributed by atoms with Gasteiger partial charge in [-0.1, -0.05) is 32.4 Å². The first kappa shape index (κ1) is 16.2. The number of benzene rings is 1. The molecule has 0 saturated carbocycles. The molecule has 0 radical (unpaired) electrons. The molecule has 1 N–H and O–H groups in total. The average Bonchev–Trinajstić information content (AvgIpc) is 2.38. The van der Waals surface area contributed by atoms with Crippen molar-refractivity contribution in [2.75, 3.05) is 5.32 Å². The molecule has 3 nitrogen and oxygen atoms in total. The molecular formula is C15H16BrClFN3. The van der Waals surface area contributed by atoms with Crippen molar-refractivity contribution in [1.82, 2.24) is 9.97 Å². The van der Waals surface area contributed by atoms with E-state index >= 15 is 0 Å². The number of nitrogens with zero attached hydrogens (tertiary/aromatic N) is 2. The van der Waals surface area contributed by atoms with E-state index in [0.29, 0.717) is 27.0 Å². The van der Waals surface area contributed by atoms with Gasteiger partial charge < -0.3 is 5.32 Å². The van der Waals surface area contributed by atoms with Crippen LogP contribution in [0.2, 0.25) is 5.15 Å². The summed E-state index contributed by atoms with van der Waals surface area (Å²) in [6.07, 6.45) is 0. The lowest BCUT2D eigenvalue weighted by Crippen LogP contribution is -2.17. The van der Waals surface area contributed by atoms with Gasteiger partial charge in [-0.3, -0.25) is 0 Å². The van der Waals surface area contributed by atoms with E-state index in [4.69, 9.17) is 11.6 Å². The van der Waals surface area contributed by atoms with Crippen LogP contribution in [0.4, 0.5) is 15.9 Å². The maximum absolute atomic E-state index is 13.6. The van der Waals surface area contributed by atoms with Crippen LogP contribution in [0, 0.1) is 12.7 Å². The molecule has 0 atom stereocenters. The highest BCUT2D eigenvalue weighted by molar-refractivity contribution is 9.10. The number of anilines is 2. The lowest BCUT2D eigenvalue weighted by Gasteiger charge is -2.19. The Kier molecular flexibility index (Phi) is 4.54. The van der Waals surface area contributed by atoms with Crippen molar-refractivity contribution in [1.29, 1.82) is 0 Å². The second kappa shape index (κ2) is 5.89. The Hall–Kier alpha value is -1.20. The van der Waals surface area contributed by atoms with Gasteiger partial charge >= 0.3 is 0 Å². The van der Waals surface area contributed by atoms with Crippen LogP contribution in [0.1, 0.15) is 32.2 Å². The summed E-state index contributed by atoms with van der Waals surface area (Å²) in [6.45, 7) is 7.86. The molecule has 2 aromatic rings. The summed E-state index contributed by atoms with van der Waals surface area (Å²) in [6, 6.07) is 4.80. The largest absolute Gasteiger partial charge is 0.340 e. The van der Waals surface area contributed by atoms with Crippen molar-refractivity contribution in [3.05, 3.63) is 45.0 Å². The molecule has 1 heterocycles. The van der Waals surface area contributed by atoms with Gasteiger partial charge in [0.25, 0.3) is 0 Å². The topological polar surface area (TPSA) is 37.8 Å². The normalized spacial score (nSPS) is 11.6. The minimum absolute atomic E-state index is 0.223. The van der Waals surface area contributed by atoms with Gasteiger partial charge in [0.2, 0.25) is 0 Å². The number of halogens is 3. The van der Waals surface area contributed by atoms with Gasteiger partial charge in [-0.25, -0.2) is 14.4 Å². The van der Waals surface area contributed by atoms with Crippen molar-refractivity contribution >= 4 is 39.0 Å². The monoisotopic (exact) mass is 371 g/mol. The Balaban J connectivity index is 2.43. The molecule has 0 aliphatic rings. The second-order valence-corrected chi connectivity index (χ2v) is 7.03. The standard InChI is InChI=1S/C15H16BrClFN3/c1-8-12(17)20-14(15(2,3)4)21-13(8)19-9-5-6-10(16)11(18)7-9/h5-7H,1-4H3,(H,19,20,21). The summed E-state index contributed by atoms with van der Waals surface area (Å²) in [5.41, 5.74) is 1.11. The minimum Gasteiger partial charge on any atom is -0.340 e. The number of aromatic nitrogens is 2. The summed E-state index contributed by atoms with van der Waals surface area (Å²) in [4.78, 5) is 8.82. The third kappa shape index (κ3) is 3.71. The van der Waals surface area contributed by atoms with E-state index in [-0.39, 0.29) is 11.2 Å². The van der Waals surface area contributed by atoms with Crippen LogP contribution in [-0.2, 0) is 5.41 Å². The van der Waals surface area contributed by atoms with Crippen molar-refractivity contribution in [2.45, 2.75) is 33.1 Å². The minimum atomic E-state index is -0.339. The third-order valence-electron chi connectivity index (χ3n) is 2.94. The van der Waals surface area contributed by atoms with Crippen molar-refractivity contribution in [2.24, 2.45) is 0 Å². The maximum atomic E-state index is 13.6.